The second-order valence-electron chi connectivity index (χ2n) is 6.85. The van der Waals surface area contributed by atoms with E-state index in [0.29, 0.717) is 16.4 Å². The third-order valence-electron chi connectivity index (χ3n) is 4.84. The third-order valence-corrected chi connectivity index (χ3v) is 5.06. The first-order valence-electron chi connectivity index (χ1n) is 9.25. The summed E-state index contributed by atoms with van der Waals surface area (Å²) in [6.45, 7) is 7.11. The summed E-state index contributed by atoms with van der Waals surface area (Å²) in [7, 11) is 0. The van der Waals surface area contributed by atoms with E-state index in [2.05, 4.69) is 46.7 Å². The lowest BCUT2D eigenvalue weighted by molar-refractivity contribution is 0.0102. The lowest BCUT2D eigenvalue weighted by atomic mass is 9.98. The van der Waals surface area contributed by atoms with Crippen molar-refractivity contribution in [2.45, 2.75) is 25.9 Å². The molecule has 1 aliphatic heterocycles. The molecule has 2 aromatic carbocycles. The number of nitrogens with zero attached hydrogens (tertiary/aromatic N) is 1. The molecule has 0 spiro atoms. The highest BCUT2D eigenvalue weighted by Crippen LogP contribution is 2.25. The summed E-state index contributed by atoms with van der Waals surface area (Å²) in [6.07, 6.45) is 0. The first-order chi connectivity index (χ1) is 13.0. The van der Waals surface area contributed by atoms with Gasteiger partial charge in [-0.1, -0.05) is 36.4 Å². The van der Waals surface area contributed by atoms with Crippen LogP contribution in [0.25, 0.3) is 0 Å². The Morgan fingerprint density at radius 1 is 1.15 bits per heavy atom. The van der Waals surface area contributed by atoms with Crippen molar-refractivity contribution in [3.8, 4) is 0 Å². The molecule has 0 aliphatic carbocycles. The number of anilines is 1. The Bertz CT molecular complexity index is 765. The van der Waals surface area contributed by atoms with Crippen LogP contribution in [0.15, 0.2) is 48.5 Å². The zero-order valence-electron chi connectivity index (χ0n) is 15.7. The second-order valence-corrected chi connectivity index (χ2v) is 7.26. The number of ether oxygens (including phenoxy) is 1. The largest absolute Gasteiger partial charge is 0.379 e. The maximum atomic E-state index is 13.8. The van der Waals surface area contributed by atoms with E-state index in [1.54, 1.807) is 13.0 Å². The topological polar surface area (TPSA) is 36.5 Å². The molecule has 1 saturated heterocycles. The number of halogens is 1. The number of hydrogen-bond donors (Lipinski definition) is 2. The fourth-order valence-electron chi connectivity index (χ4n) is 3.45. The number of morpholine rings is 1. The minimum Gasteiger partial charge on any atom is -0.379 e. The smallest absolute Gasteiger partial charge is 0.171 e. The summed E-state index contributed by atoms with van der Waals surface area (Å²) in [6, 6.07) is 15.7. The number of rotatable bonds is 5. The normalized spacial score (nSPS) is 17.1. The molecule has 144 valence electrons. The third kappa shape index (κ3) is 5.25. The van der Waals surface area contributed by atoms with Crippen LogP contribution in [0.4, 0.5) is 10.1 Å². The van der Waals surface area contributed by atoms with Crippen LogP contribution >= 0.6 is 12.2 Å². The van der Waals surface area contributed by atoms with Crippen LogP contribution in [0, 0.1) is 12.7 Å². The van der Waals surface area contributed by atoms with Gasteiger partial charge in [-0.05, 0) is 49.3 Å². The summed E-state index contributed by atoms with van der Waals surface area (Å²) in [5, 5.41) is 6.95. The number of thiocarbonyl (C=S) groups is 1. The van der Waals surface area contributed by atoms with E-state index in [0.717, 1.165) is 26.3 Å². The van der Waals surface area contributed by atoms with Gasteiger partial charge >= 0.3 is 0 Å². The molecule has 0 saturated carbocycles. The maximum Gasteiger partial charge on any atom is 0.171 e. The zero-order chi connectivity index (χ0) is 19.2. The summed E-state index contributed by atoms with van der Waals surface area (Å²) in [5.41, 5.74) is 2.50. The van der Waals surface area contributed by atoms with Crippen molar-refractivity contribution in [2.24, 2.45) is 0 Å². The first-order valence-corrected chi connectivity index (χ1v) is 9.66. The summed E-state index contributed by atoms with van der Waals surface area (Å²) < 4.78 is 19.3. The monoisotopic (exact) mass is 387 g/mol. The Labute approximate surface area is 165 Å². The standard InChI is InChI=1S/C21H26FN3OS/c1-15-8-9-18(14-19(15)22)24-21(27)23-16(2)20(17-6-4-3-5-7-17)25-10-12-26-13-11-25/h3-9,14,16,20H,10-13H2,1-2H3,(H2,23,24,27)/t16-,20+/m0/s1. The highest BCUT2D eigenvalue weighted by molar-refractivity contribution is 7.80. The lowest BCUT2D eigenvalue weighted by Gasteiger charge is -2.38. The van der Waals surface area contributed by atoms with Gasteiger partial charge in [0.25, 0.3) is 0 Å². The molecule has 2 aromatic rings. The quantitative estimate of drug-likeness (QED) is 0.762. The predicted octanol–water partition coefficient (Wildman–Crippen LogP) is 3.88. The molecule has 6 heteroatoms. The van der Waals surface area contributed by atoms with E-state index in [-0.39, 0.29) is 17.9 Å². The maximum absolute atomic E-state index is 13.8. The van der Waals surface area contributed by atoms with Crippen molar-refractivity contribution in [3.05, 3.63) is 65.5 Å². The predicted molar refractivity (Wildman–Crippen MR) is 112 cm³/mol. The lowest BCUT2D eigenvalue weighted by Crippen LogP contribution is -2.49. The van der Waals surface area contributed by atoms with Crippen molar-refractivity contribution < 1.29 is 9.13 Å². The van der Waals surface area contributed by atoms with E-state index in [4.69, 9.17) is 17.0 Å². The summed E-state index contributed by atoms with van der Waals surface area (Å²) >= 11 is 5.47. The van der Waals surface area contributed by atoms with Crippen molar-refractivity contribution >= 4 is 23.0 Å². The Morgan fingerprint density at radius 3 is 2.52 bits per heavy atom. The van der Waals surface area contributed by atoms with E-state index in [9.17, 15) is 4.39 Å². The molecule has 0 aromatic heterocycles. The average Bonchev–Trinajstić information content (AvgIpc) is 2.66. The molecule has 0 unspecified atom stereocenters. The number of nitrogens with one attached hydrogen (secondary N) is 2. The van der Waals surface area contributed by atoms with Crippen LogP contribution in [-0.2, 0) is 4.74 Å². The second kappa shape index (κ2) is 9.26. The molecule has 2 N–H and O–H groups in total. The molecule has 3 rings (SSSR count). The Hall–Kier alpha value is -2.02. The molecule has 2 atom stereocenters. The van der Waals surface area contributed by atoms with Crippen molar-refractivity contribution in [1.29, 1.82) is 0 Å². The van der Waals surface area contributed by atoms with Crippen LogP contribution < -0.4 is 10.6 Å². The SMILES string of the molecule is Cc1ccc(NC(=S)N[C@@H](C)[C@H](c2ccccc2)N2CCOCC2)cc1F. The summed E-state index contributed by atoms with van der Waals surface area (Å²) in [5.74, 6) is -0.244. The van der Waals surface area contributed by atoms with Gasteiger partial charge in [0.1, 0.15) is 5.82 Å². The fourth-order valence-corrected chi connectivity index (χ4v) is 3.75. The van der Waals surface area contributed by atoms with Crippen LogP contribution in [0.3, 0.4) is 0 Å². The first kappa shape index (κ1) is 19.7. The minimum atomic E-state index is -0.244. The molecular weight excluding hydrogens is 361 g/mol. The Morgan fingerprint density at radius 2 is 1.85 bits per heavy atom. The highest BCUT2D eigenvalue weighted by Gasteiger charge is 2.28. The van der Waals surface area contributed by atoms with Crippen molar-refractivity contribution in [3.63, 3.8) is 0 Å². The van der Waals surface area contributed by atoms with Crippen molar-refractivity contribution in [2.75, 3.05) is 31.6 Å². The molecule has 0 amide bonds. The zero-order valence-corrected chi connectivity index (χ0v) is 16.6. The van der Waals surface area contributed by atoms with E-state index >= 15 is 0 Å². The Balaban J connectivity index is 1.70. The number of hydrogen-bond acceptors (Lipinski definition) is 3. The van der Waals surface area contributed by atoms with Gasteiger partial charge < -0.3 is 15.4 Å². The van der Waals surface area contributed by atoms with Gasteiger partial charge in [0.15, 0.2) is 5.11 Å². The van der Waals surface area contributed by atoms with Gasteiger partial charge in [0.05, 0.1) is 19.3 Å². The van der Waals surface area contributed by atoms with Crippen molar-refractivity contribution in [1.82, 2.24) is 10.2 Å². The highest BCUT2D eigenvalue weighted by atomic mass is 32.1. The summed E-state index contributed by atoms with van der Waals surface area (Å²) in [4.78, 5) is 2.42. The molecule has 4 nitrogen and oxygen atoms in total. The van der Waals surface area contributed by atoms with Crippen LogP contribution in [-0.4, -0.2) is 42.4 Å². The van der Waals surface area contributed by atoms with E-state index < -0.39 is 0 Å². The van der Waals surface area contributed by atoms with Crippen LogP contribution in [0.5, 0.6) is 0 Å². The molecule has 1 heterocycles. The molecular formula is C21H26FN3OS. The van der Waals surface area contributed by atoms with Gasteiger partial charge in [-0.15, -0.1) is 0 Å². The van der Waals surface area contributed by atoms with Gasteiger partial charge in [-0.3, -0.25) is 4.90 Å². The van der Waals surface area contributed by atoms with Crippen LogP contribution in [0.2, 0.25) is 0 Å². The average molecular weight is 388 g/mol. The van der Waals surface area contributed by atoms with Gasteiger partial charge in [-0.25, -0.2) is 4.39 Å². The van der Waals surface area contributed by atoms with Crippen LogP contribution in [0.1, 0.15) is 24.1 Å². The van der Waals surface area contributed by atoms with Gasteiger partial charge in [0, 0.05) is 24.8 Å². The van der Waals surface area contributed by atoms with Gasteiger partial charge in [-0.2, -0.15) is 0 Å². The molecule has 1 aliphatic rings. The molecule has 0 radical (unpaired) electrons. The Kier molecular flexibility index (Phi) is 6.77. The van der Waals surface area contributed by atoms with E-state index in [1.807, 2.05) is 12.1 Å². The minimum absolute atomic E-state index is 0.0702. The molecule has 0 bridgehead atoms. The number of benzene rings is 2. The number of aryl methyl sites for hydroxylation is 1. The van der Waals surface area contributed by atoms with E-state index in [1.165, 1.54) is 11.6 Å². The molecule has 27 heavy (non-hydrogen) atoms. The molecule has 1 fully saturated rings. The fraction of sp³-hybridized carbons (Fsp3) is 0.381. The van der Waals surface area contributed by atoms with Gasteiger partial charge in [0.2, 0.25) is 0 Å².